The van der Waals surface area contributed by atoms with E-state index in [4.69, 9.17) is 18.9 Å². The number of hydrogen-bond acceptors (Lipinski definition) is 10. The molecule has 1 rings (SSSR count). The summed E-state index contributed by atoms with van der Waals surface area (Å²) in [6.45, 7) is 7.06. The Morgan fingerprint density at radius 1 is 0.633 bits per heavy atom. The first-order valence-corrected chi connectivity index (χ1v) is 9.84. The molecule has 1 heterocycles. The van der Waals surface area contributed by atoms with E-state index in [9.17, 15) is 19.2 Å². The zero-order valence-electron chi connectivity index (χ0n) is 17.7. The molecule has 0 fully saturated rings. The lowest BCUT2D eigenvalue weighted by Crippen LogP contribution is -2.31. The van der Waals surface area contributed by atoms with E-state index in [2.05, 4.69) is 9.97 Å². The molecule has 10 heteroatoms. The van der Waals surface area contributed by atoms with Crippen molar-refractivity contribution in [2.24, 2.45) is 11.8 Å². The fourth-order valence-electron chi connectivity index (χ4n) is 2.51. The fraction of sp³-hybridized carbons (Fsp3) is 0.600. The summed E-state index contributed by atoms with van der Waals surface area (Å²) in [5.74, 6) is -5.12. The number of rotatable bonds is 12. The lowest BCUT2D eigenvalue weighted by molar-refractivity contribution is -0.163. The van der Waals surface area contributed by atoms with Crippen LogP contribution in [0.4, 0.5) is 0 Å². The molecule has 0 amide bonds. The van der Waals surface area contributed by atoms with Crippen molar-refractivity contribution in [2.45, 2.75) is 40.5 Å². The lowest BCUT2D eigenvalue weighted by atomic mass is 10.0. The van der Waals surface area contributed by atoms with Gasteiger partial charge in [-0.25, -0.2) is 0 Å². The second-order valence-corrected chi connectivity index (χ2v) is 6.02. The summed E-state index contributed by atoms with van der Waals surface area (Å²) >= 11 is 0. The number of carbonyl (C=O) groups is 4. The predicted octanol–water partition coefficient (Wildman–Crippen LogP) is 1.05. The van der Waals surface area contributed by atoms with E-state index in [1.807, 2.05) is 0 Å². The third-order valence-corrected chi connectivity index (χ3v) is 3.87. The van der Waals surface area contributed by atoms with Gasteiger partial charge >= 0.3 is 23.9 Å². The molecule has 0 aliphatic carbocycles. The summed E-state index contributed by atoms with van der Waals surface area (Å²) in [4.78, 5) is 56.7. The minimum atomic E-state index is -1.16. The monoisotopic (exact) mass is 424 g/mol. The van der Waals surface area contributed by atoms with Crippen molar-refractivity contribution in [3.63, 3.8) is 0 Å². The Morgan fingerprint density at radius 3 is 1.10 bits per heavy atom. The Bertz CT molecular complexity index is 623. The molecule has 0 spiro atoms. The van der Waals surface area contributed by atoms with Crippen molar-refractivity contribution in [1.82, 2.24) is 9.97 Å². The van der Waals surface area contributed by atoms with Gasteiger partial charge in [-0.2, -0.15) is 0 Å². The third kappa shape index (κ3) is 7.76. The summed E-state index contributed by atoms with van der Waals surface area (Å²) < 4.78 is 19.7. The van der Waals surface area contributed by atoms with Gasteiger partial charge in [0.05, 0.1) is 37.8 Å². The first-order valence-electron chi connectivity index (χ1n) is 9.84. The predicted molar refractivity (Wildman–Crippen MR) is 103 cm³/mol. The molecule has 166 valence electrons. The minimum Gasteiger partial charge on any atom is -0.465 e. The zero-order valence-corrected chi connectivity index (χ0v) is 17.7. The minimum absolute atomic E-state index is 0.0515. The van der Waals surface area contributed by atoms with Crippen LogP contribution < -0.4 is 0 Å². The van der Waals surface area contributed by atoms with Crippen LogP contribution in [0.2, 0.25) is 0 Å². The van der Waals surface area contributed by atoms with Gasteiger partial charge < -0.3 is 18.9 Å². The van der Waals surface area contributed by atoms with Crippen LogP contribution in [0.3, 0.4) is 0 Å². The lowest BCUT2D eigenvalue weighted by Gasteiger charge is -2.15. The van der Waals surface area contributed by atoms with Gasteiger partial charge in [-0.1, -0.05) is 0 Å². The van der Waals surface area contributed by atoms with Crippen LogP contribution in [0.5, 0.6) is 0 Å². The maximum absolute atomic E-state index is 12.1. The summed E-state index contributed by atoms with van der Waals surface area (Å²) in [5.41, 5.74) is 0.711. The molecule has 0 saturated heterocycles. The highest BCUT2D eigenvalue weighted by molar-refractivity contribution is 5.95. The van der Waals surface area contributed by atoms with Crippen molar-refractivity contribution in [1.29, 1.82) is 0 Å². The number of hydrogen-bond donors (Lipinski definition) is 0. The summed E-state index contributed by atoms with van der Waals surface area (Å²) in [6.07, 6.45) is 2.64. The largest absolute Gasteiger partial charge is 0.465 e. The number of nitrogens with zero attached hydrogens (tertiary/aromatic N) is 2. The normalized spacial score (nSPS) is 10.6. The second-order valence-electron chi connectivity index (χ2n) is 6.02. The van der Waals surface area contributed by atoms with Crippen molar-refractivity contribution >= 4 is 23.9 Å². The molecule has 30 heavy (non-hydrogen) atoms. The van der Waals surface area contributed by atoms with Crippen molar-refractivity contribution in [2.75, 3.05) is 26.4 Å². The van der Waals surface area contributed by atoms with E-state index in [1.165, 1.54) is 12.4 Å². The molecule has 0 radical (unpaired) electrons. The fourth-order valence-corrected chi connectivity index (χ4v) is 2.51. The van der Waals surface area contributed by atoms with Crippen LogP contribution in [0, 0.1) is 11.8 Å². The van der Waals surface area contributed by atoms with Crippen LogP contribution >= 0.6 is 0 Å². The Labute approximate surface area is 175 Å². The van der Waals surface area contributed by atoms with Crippen molar-refractivity contribution in [3.8, 4) is 0 Å². The number of esters is 4. The van der Waals surface area contributed by atoms with Crippen molar-refractivity contribution in [3.05, 3.63) is 23.8 Å². The average Bonchev–Trinajstić information content (AvgIpc) is 2.71. The van der Waals surface area contributed by atoms with Gasteiger partial charge in [0.2, 0.25) is 0 Å². The van der Waals surface area contributed by atoms with Crippen LogP contribution in [-0.2, 0) is 51.0 Å². The first-order chi connectivity index (χ1) is 14.4. The van der Waals surface area contributed by atoms with E-state index in [0.717, 1.165) is 0 Å². The van der Waals surface area contributed by atoms with Crippen LogP contribution in [0.25, 0.3) is 0 Å². The summed E-state index contributed by atoms with van der Waals surface area (Å²) in [7, 11) is 0. The average molecular weight is 424 g/mol. The molecule has 1 aromatic heterocycles. The molecule has 0 bridgehead atoms. The number of ether oxygens (including phenoxy) is 4. The smallest absolute Gasteiger partial charge is 0.320 e. The molecule has 0 unspecified atom stereocenters. The molecule has 10 nitrogen and oxygen atoms in total. The van der Waals surface area contributed by atoms with Gasteiger partial charge in [0, 0.05) is 25.2 Å². The van der Waals surface area contributed by atoms with Crippen molar-refractivity contribution < 1.29 is 38.1 Å². The molecule has 0 aromatic carbocycles. The van der Waals surface area contributed by atoms with E-state index < -0.39 is 35.7 Å². The van der Waals surface area contributed by atoms with E-state index in [-0.39, 0.29) is 39.3 Å². The van der Waals surface area contributed by atoms with Gasteiger partial charge in [0.15, 0.2) is 11.8 Å². The molecular formula is C20H28N2O8. The second kappa shape index (κ2) is 13.2. The highest BCUT2D eigenvalue weighted by Crippen LogP contribution is 2.14. The first kappa shape index (κ1) is 25.0. The topological polar surface area (TPSA) is 131 Å². The van der Waals surface area contributed by atoms with Gasteiger partial charge in [0.25, 0.3) is 0 Å². The SMILES string of the molecule is CCOC(=O)C(Cc1cnc(CC(C(=O)OCC)C(=O)OCC)cn1)C(=O)OCC. The summed E-state index contributed by atoms with van der Waals surface area (Å²) in [6, 6.07) is 0. The van der Waals surface area contributed by atoms with Gasteiger partial charge in [-0.3, -0.25) is 29.1 Å². The molecule has 0 saturated carbocycles. The Balaban J connectivity index is 2.93. The Morgan fingerprint density at radius 2 is 0.900 bits per heavy atom. The maximum atomic E-state index is 12.1. The van der Waals surface area contributed by atoms with Gasteiger partial charge in [0.1, 0.15) is 0 Å². The number of aromatic nitrogens is 2. The van der Waals surface area contributed by atoms with E-state index >= 15 is 0 Å². The zero-order chi connectivity index (χ0) is 22.5. The van der Waals surface area contributed by atoms with E-state index in [1.54, 1.807) is 27.7 Å². The third-order valence-electron chi connectivity index (χ3n) is 3.87. The molecular weight excluding hydrogens is 396 g/mol. The molecule has 0 aliphatic heterocycles. The number of carbonyl (C=O) groups excluding carboxylic acids is 4. The standard InChI is InChI=1S/C20H28N2O8/c1-5-27-17(23)15(18(24)28-6-2)9-13-11-22-14(12-21-13)10-16(19(25)29-7-3)20(26)30-8-4/h11-12,15-16H,5-10H2,1-4H3. The molecule has 0 aliphatic rings. The van der Waals surface area contributed by atoms with Gasteiger partial charge in [-0.05, 0) is 27.7 Å². The maximum Gasteiger partial charge on any atom is 0.320 e. The van der Waals surface area contributed by atoms with Gasteiger partial charge in [-0.15, -0.1) is 0 Å². The molecule has 0 atom stereocenters. The molecule has 0 N–H and O–H groups in total. The quantitative estimate of drug-likeness (QED) is 0.272. The highest BCUT2D eigenvalue weighted by atomic mass is 16.6. The van der Waals surface area contributed by atoms with Crippen LogP contribution in [0.1, 0.15) is 39.1 Å². The molecule has 1 aromatic rings. The van der Waals surface area contributed by atoms with Crippen LogP contribution in [0.15, 0.2) is 12.4 Å². The van der Waals surface area contributed by atoms with E-state index in [0.29, 0.717) is 11.4 Å². The highest BCUT2D eigenvalue weighted by Gasteiger charge is 2.32. The summed E-state index contributed by atoms with van der Waals surface area (Å²) in [5, 5.41) is 0. The Hall–Kier alpha value is -3.04. The van der Waals surface area contributed by atoms with Crippen LogP contribution in [-0.4, -0.2) is 60.3 Å². The Kier molecular flexibility index (Phi) is 11.0.